The lowest BCUT2D eigenvalue weighted by Gasteiger charge is -2.09. The van der Waals surface area contributed by atoms with Crippen molar-refractivity contribution in [1.29, 1.82) is 0 Å². The van der Waals surface area contributed by atoms with Crippen LogP contribution in [0.5, 0.6) is 0 Å². The number of benzene rings is 1. The molecule has 4 nitrogen and oxygen atoms in total. The fourth-order valence-electron chi connectivity index (χ4n) is 1.82. The van der Waals surface area contributed by atoms with Crippen LogP contribution in [0.1, 0.15) is 18.1 Å². The molecule has 0 fully saturated rings. The second kappa shape index (κ2) is 5.16. The Labute approximate surface area is 115 Å². The van der Waals surface area contributed by atoms with Crippen LogP contribution in [0.25, 0.3) is 11.0 Å². The van der Waals surface area contributed by atoms with Crippen molar-refractivity contribution in [3.8, 4) is 0 Å². The van der Waals surface area contributed by atoms with Crippen molar-refractivity contribution < 1.29 is 4.79 Å². The van der Waals surface area contributed by atoms with Gasteiger partial charge in [0.2, 0.25) is 5.91 Å². The maximum Gasteiger partial charge on any atom is 0.239 e. The SMILES string of the molecule is CNC(=O)Cn1c(C(C)Cl)nc2c(Cl)cccc21. The van der Waals surface area contributed by atoms with Gasteiger partial charge in [0, 0.05) is 7.05 Å². The van der Waals surface area contributed by atoms with Gasteiger partial charge in [-0.3, -0.25) is 4.79 Å². The molecule has 1 aromatic heterocycles. The molecule has 1 unspecified atom stereocenters. The summed E-state index contributed by atoms with van der Waals surface area (Å²) in [6, 6.07) is 5.47. The van der Waals surface area contributed by atoms with Gasteiger partial charge in [0.15, 0.2) is 0 Å². The summed E-state index contributed by atoms with van der Waals surface area (Å²) in [6.07, 6.45) is 0. The molecule has 1 atom stereocenters. The van der Waals surface area contributed by atoms with Crippen LogP contribution in [0.3, 0.4) is 0 Å². The van der Waals surface area contributed by atoms with Gasteiger partial charge >= 0.3 is 0 Å². The number of nitrogens with one attached hydrogen (secondary N) is 1. The molecule has 0 aliphatic rings. The van der Waals surface area contributed by atoms with Gasteiger partial charge in [-0.25, -0.2) is 4.98 Å². The van der Waals surface area contributed by atoms with Gasteiger partial charge in [-0.1, -0.05) is 17.7 Å². The molecular weight excluding hydrogens is 273 g/mol. The molecule has 0 saturated heterocycles. The summed E-state index contributed by atoms with van der Waals surface area (Å²) in [6.45, 7) is 2.00. The minimum Gasteiger partial charge on any atom is -0.358 e. The van der Waals surface area contributed by atoms with Gasteiger partial charge in [-0.15, -0.1) is 11.6 Å². The predicted octanol–water partition coefficient (Wildman–Crippen LogP) is 2.74. The van der Waals surface area contributed by atoms with Crippen LogP contribution in [0.2, 0.25) is 5.02 Å². The Morgan fingerprint density at radius 1 is 1.56 bits per heavy atom. The molecule has 96 valence electrons. The second-order valence-corrected chi connectivity index (χ2v) is 5.01. The molecule has 0 radical (unpaired) electrons. The maximum absolute atomic E-state index is 11.5. The third kappa shape index (κ3) is 2.31. The number of hydrogen-bond donors (Lipinski definition) is 1. The average Bonchev–Trinajstić information content (AvgIpc) is 2.70. The number of alkyl halides is 1. The Hall–Kier alpha value is -1.26. The molecule has 0 spiro atoms. The summed E-state index contributed by atoms with van der Waals surface area (Å²) in [5, 5.41) is 2.85. The highest BCUT2D eigenvalue weighted by molar-refractivity contribution is 6.35. The van der Waals surface area contributed by atoms with Gasteiger partial charge < -0.3 is 9.88 Å². The van der Waals surface area contributed by atoms with Crippen LogP contribution >= 0.6 is 23.2 Å². The quantitative estimate of drug-likeness (QED) is 0.882. The zero-order valence-corrected chi connectivity index (χ0v) is 11.6. The van der Waals surface area contributed by atoms with E-state index in [2.05, 4.69) is 10.3 Å². The van der Waals surface area contributed by atoms with E-state index in [1.54, 1.807) is 17.7 Å². The molecule has 1 amide bonds. The lowest BCUT2D eigenvalue weighted by molar-refractivity contribution is -0.121. The normalized spacial score (nSPS) is 12.7. The maximum atomic E-state index is 11.5. The number of rotatable bonds is 3. The fraction of sp³-hybridized carbons (Fsp3) is 0.333. The van der Waals surface area contributed by atoms with E-state index in [1.807, 2.05) is 19.1 Å². The Kier molecular flexibility index (Phi) is 3.78. The van der Waals surface area contributed by atoms with Gasteiger partial charge in [-0.05, 0) is 19.1 Å². The topological polar surface area (TPSA) is 46.9 Å². The van der Waals surface area contributed by atoms with E-state index in [0.29, 0.717) is 16.4 Å². The van der Waals surface area contributed by atoms with Crippen LogP contribution in [-0.4, -0.2) is 22.5 Å². The first-order chi connectivity index (χ1) is 8.54. The van der Waals surface area contributed by atoms with Crippen LogP contribution in [0, 0.1) is 0 Å². The van der Waals surface area contributed by atoms with Crippen molar-refractivity contribution in [2.75, 3.05) is 7.05 Å². The number of para-hydroxylation sites is 1. The summed E-state index contributed by atoms with van der Waals surface area (Å²) in [7, 11) is 1.60. The first-order valence-corrected chi connectivity index (χ1v) is 6.35. The predicted molar refractivity (Wildman–Crippen MR) is 73.1 cm³/mol. The van der Waals surface area contributed by atoms with Crippen LogP contribution in [0.4, 0.5) is 0 Å². The Balaban J connectivity index is 2.63. The summed E-state index contributed by atoms with van der Waals surface area (Å²) >= 11 is 12.2. The standard InChI is InChI=1S/C12H13Cl2N3O/c1-7(13)12-16-11-8(14)4-3-5-9(11)17(12)6-10(18)15-2/h3-5,7H,6H2,1-2H3,(H,15,18). The lowest BCUT2D eigenvalue weighted by atomic mass is 10.3. The molecule has 1 N–H and O–H groups in total. The first kappa shape index (κ1) is 13.2. The van der Waals surface area contributed by atoms with E-state index in [4.69, 9.17) is 23.2 Å². The third-order valence-corrected chi connectivity index (χ3v) is 3.20. The minimum absolute atomic E-state index is 0.104. The van der Waals surface area contributed by atoms with E-state index < -0.39 is 0 Å². The van der Waals surface area contributed by atoms with E-state index in [9.17, 15) is 4.79 Å². The molecule has 2 aromatic rings. The number of aromatic nitrogens is 2. The summed E-state index contributed by atoms with van der Waals surface area (Å²) in [5.74, 6) is 0.538. The first-order valence-electron chi connectivity index (χ1n) is 5.54. The Bertz CT molecular complexity index is 592. The monoisotopic (exact) mass is 285 g/mol. The molecule has 0 saturated carbocycles. The summed E-state index contributed by atoms with van der Waals surface area (Å²) in [4.78, 5) is 16.0. The minimum atomic E-state index is -0.293. The fourth-order valence-corrected chi connectivity index (χ4v) is 2.20. The van der Waals surface area contributed by atoms with E-state index >= 15 is 0 Å². The number of imidazole rings is 1. The van der Waals surface area contributed by atoms with Gasteiger partial charge in [0.1, 0.15) is 17.9 Å². The van der Waals surface area contributed by atoms with E-state index in [-0.39, 0.29) is 17.8 Å². The molecule has 2 rings (SSSR count). The zero-order valence-electron chi connectivity index (χ0n) is 10.1. The number of hydrogen-bond acceptors (Lipinski definition) is 2. The molecule has 6 heteroatoms. The van der Waals surface area contributed by atoms with Crippen LogP contribution in [-0.2, 0) is 11.3 Å². The molecule has 18 heavy (non-hydrogen) atoms. The molecular formula is C12H13Cl2N3O. The van der Waals surface area contributed by atoms with E-state index in [1.165, 1.54) is 0 Å². The molecule has 1 aromatic carbocycles. The van der Waals surface area contributed by atoms with Crippen molar-refractivity contribution >= 4 is 40.1 Å². The number of nitrogens with zero attached hydrogens (tertiary/aromatic N) is 2. The van der Waals surface area contributed by atoms with Gasteiger partial charge in [-0.2, -0.15) is 0 Å². The average molecular weight is 286 g/mol. The number of amides is 1. The molecule has 0 aliphatic carbocycles. The van der Waals surface area contributed by atoms with Crippen molar-refractivity contribution in [1.82, 2.24) is 14.9 Å². The van der Waals surface area contributed by atoms with Gasteiger partial charge in [0.25, 0.3) is 0 Å². The van der Waals surface area contributed by atoms with Gasteiger partial charge in [0.05, 0.1) is 15.9 Å². The highest BCUT2D eigenvalue weighted by atomic mass is 35.5. The number of fused-ring (bicyclic) bond motifs is 1. The number of likely N-dealkylation sites (N-methyl/N-ethyl adjacent to an activating group) is 1. The number of carbonyl (C=O) groups is 1. The largest absolute Gasteiger partial charge is 0.358 e. The third-order valence-electron chi connectivity index (χ3n) is 2.70. The van der Waals surface area contributed by atoms with Crippen molar-refractivity contribution in [3.63, 3.8) is 0 Å². The molecule has 0 aliphatic heterocycles. The zero-order chi connectivity index (χ0) is 13.3. The highest BCUT2D eigenvalue weighted by Crippen LogP contribution is 2.28. The number of halogens is 2. The smallest absolute Gasteiger partial charge is 0.239 e. The Morgan fingerprint density at radius 3 is 2.89 bits per heavy atom. The second-order valence-electron chi connectivity index (χ2n) is 3.95. The Morgan fingerprint density at radius 2 is 2.28 bits per heavy atom. The van der Waals surface area contributed by atoms with Crippen molar-refractivity contribution in [2.45, 2.75) is 18.8 Å². The summed E-state index contributed by atoms with van der Waals surface area (Å²) < 4.78 is 1.79. The van der Waals surface area contributed by atoms with Crippen molar-refractivity contribution in [2.24, 2.45) is 0 Å². The molecule has 0 bridgehead atoms. The summed E-state index contributed by atoms with van der Waals surface area (Å²) in [5.41, 5.74) is 1.49. The highest BCUT2D eigenvalue weighted by Gasteiger charge is 2.17. The molecule has 1 heterocycles. The van der Waals surface area contributed by atoms with Crippen molar-refractivity contribution in [3.05, 3.63) is 29.0 Å². The van der Waals surface area contributed by atoms with Crippen LogP contribution in [0.15, 0.2) is 18.2 Å². The lowest BCUT2D eigenvalue weighted by Crippen LogP contribution is -2.24. The number of carbonyl (C=O) groups excluding carboxylic acids is 1. The van der Waals surface area contributed by atoms with E-state index in [0.717, 1.165) is 5.52 Å². The van der Waals surface area contributed by atoms with Crippen LogP contribution < -0.4 is 5.32 Å².